The third-order valence-electron chi connectivity index (χ3n) is 4.30. The van der Waals surface area contributed by atoms with Gasteiger partial charge in [0, 0.05) is 29.9 Å². The highest BCUT2D eigenvalue weighted by Crippen LogP contribution is 2.22. The Bertz CT molecular complexity index is 1060. The molecule has 0 saturated carbocycles. The molecule has 0 spiro atoms. The van der Waals surface area contributed by atoms with E-state index >= 15 is 0 Å². The molecule has 9 heteroatoms. The van der Waals surface area contributed by atoms with E-state index in [1.165, 1.54) is 25.0 Å². The van der Waals surface area contributed by atoms with Crippen molar-refractivity contribution in [1.82, 2.24) is 24.9 Å². The largest absolute Gasteiger partial charge is 0.497 e. The SMILES string of the molecule is COc1cc(OC)cc(C(=O)NCCn2nc(-n3nc(C)cc3C)ccc2=O)c1. The third kappa shape index (κ3) is 4.63. The molecule has 0 unspecified atom stereocenters. The number of ether oxygens (including phenoxy) is 2. The highest BCUT2D eigenvalue weighted by Gasteiger charge is 2.11. The zero-order valence-electron chi connectivity index (χ0n) is 16.8. The number of methoxy groups -OCH3 is 2. The molecule has 0 fully saturated rings. The minimum Gasteiger partial charge on any atom is -0.497 e. The van der Waals surface area contributed by atoms with Crippen molar-refractivity contribution in [3.8, 4) is 17.3 Å². The fourth-order valence-electron chi connectivity index (χ4n) is 2.89. The Labute approximate surface area is 167 Å². The summed E-state index contributed by atoms with van der Waals surface area (Å²) in [5.74, 6) is 1.28. The van der Waals surface area contributed by atoms with Crippen molar-refractivity contribution >= 4 is 5.91 Å². The van der Waals surface area contributed by atoms with Crippen LogP contribution in [0.25, 0.3) is 5.82 Å². The number of nitrogens with zero attached hydrogens (tertiary/aromatic N) is 4. The normalized spacial score (nSPS) is 10.6. The van der Waals surface area contributed by atoms with E-state index in [9.17, 15) is 9.59 Å². The van der Waals surface area contributed by atoms with Crippen molar-refractivity contribution in [2.24, 2.45) is 0 Å². The minimum absolute atomic E-state index is 0.221. The Morgan fingerprint density at radius 1 is 1.03 bits per heavy atom. The number of nitrogens with one attached hydrogen (secondary N) is 1. The van der Waals surface area contributed by atoms with E-state index in [4.69, 9.17) is 9.47 Å². The summed E-state index contributed by atoms with van der Waals surface area (Å²) in [6.07, 6.45) is 0. The minimum atomic E-state index is -0.301. The molecular weight excluding hydrogens is 374 g/mol. The second kappa shape index (κ2) is 8.59. The first-order valence-corrected chi connectivity index (χ1v) is 9.04. The number of carbonyl (C=O) groups is 1. The maximum absolute atomic E-state index is 12.4. The first-order valence-electron chi connectivity index (χ1n) is 9.04. The summed E-state index contributed by atoms with van der Waals surface area (Å²) in [4.78, 5) is 24.6. The number of benzene rings is 1. The zero-order valence-corrected chi connectivity index (χ0v) is 16.8. The molecule has 0 atom stereocenters. The van der Waals surface area contributed by atoms with E-state index in [0.29, 0.717) is 22.9 Å². The molecule has 9 nitrogen and oxygen atoms in total. The fourth-order valence-corrected chi connectivity index (χ4v) is 2.89. The molecule has 2 heterocycles. The molecule has 0 aliphatic carbocycles. The van der Waals surface area contributed by atoms with Crippen molar-refractivity contribution in [1.29, 1.82) is 0 Å². The topological polar surface area (TPSA) is 100 Å². The van der Waals surface area contributed by atoms with Gasteiger partial charge in [0.2, 0.25) is 0 Å². The number of hydrogen-bond donors (Lipinski definition) is 1. The van der Waals surface area contributed by atoms with Gasteiger partial charge in [0.25, 0.3) is 11.5 Å². The molecule has 0 saturated heterocycles. The van der Waals surface area contributed by atoms with Gasteiger partial charge in [-0.3, -0.25) is 9.59 Å². The summed E-state index contributed by atoms with van der Waals surface area (Å²) in [7, 11) is 3.04. The Kier molecular flexibility index (Phi) is 5.96. The summed E-state index contributed by atoms with van der Waals surface area (Å²) in [6, 6.07) is 9.91. The number of aryl methyl sites for hydroxylation is 2. The smallest absolute Gasteiger partial charge is 0.266 e. The van der Waals surface area contributed by atoms with Crippen molar-refractivity contribution in [2.75, 3.05) is 20.8 Å². The summed E-state index contributed by atoms with van der Waals surface area (Å²) in [6.45, 7) is 4.26. The molecular formula is C20H23N5O4. The van der Waals surface area contributed by atoms with Gasteiger partial charge < -0.3 is 14.8 Å². The molecule has 2 aromatic heterocycles. The lowest BCUT2D eigenvalue weighted by Crippen LogP contribution is -2.32. The first kappa shape index (κ1) is 20.1. The van der Waals surface area contributed by atoms with Gasteiger partial charge in [-0.1, -0.05) is 0 Å². The van der Waals surface area contributed by atoms with Crippen molar-refractivity contribution in [3.05, 3.63) is 63.7 Å². The highest BCUT2D eigenvalue weighted by atomic mass is 16.5. The van der Waals surface area contributed by atoms with Crippen LogP contribution in [0, 0.1) is 13.8 Å². The van der Waals surface area contributed by atoms with Gasteiger partial charge in [-0.05, 0) is 38.1 Å². The summed E-state index contributed by atoms with van der Waals surface area (Å²) in [5.41, 5.74) is 1.92. The maximum Gasteiger partial charge on any atom is 0.266 e. The molecule has 0 bridgehead atoms. The lowest BCUT2D eigenvalue weighted by Gasteiger charge is -2.11. The van der Waals surface area contributed by atoms with E-state index in [1.807, 2.05) is 19.9 Å². The Morgan fingerprint density at radius 2 is 1.72 bits per heavy atom. The van der Waals surface area contributed by atoms with Crippen LogP contribution in [-0.4, -0.2) is 46.2 Å². The standard InChI is InChI=1S/C20H23N5O4/c1-13-9-14(2)25(22-13)18-5-6-19(26)24(23-18)8-7-21-20(27)15-10-16(28-3)12-17(11-15)29-4/h5-6,9-12H,7-8H2,1-4H3,(H,21,27). The highest BCUT2D eigenvalue weighted by molar-refractivity contribution is 5.95. The van der Waals surface area contributed by atoms with Crippen LogP contribution >= 0.6 is 0 Å². The van der Waals surface area contributed by atoms with Gasteiger partial charge >= 0.3 is 0 Å². The molecule has 1 amide bonds. The number of carbonyl (C=O) groups excluding carboxylic acids is 1. The van der Waals surface area contributed by atoms with Crippen LogP contribution in [0.15, 0.2) is 41.2 Å². The molecule has 1 N–H and O–H groups in total. The van der Waals surface area contributed by atoms with E-state index in [1.54, 1.807) is 28.9 Å². The molecule has 0 radical (unpaired) electrons. The molecule has 152 valence electrons. The van der Waals surface area contributed by atoms with Crippen molar-refractivity contribution < 1.29 is 14.3 Å². The van der Waals surface area contributed by atoms with Crippen LogP contribution in [0.4, 0.5) is 0 Å². The van der Waals surface area contributed by atoms with Gasteiger partial charge in [-0.15, -0.1) is 5.10 Å². The lowest BCUT2D eigenvalue weighted by molar-refractivity contribution is 0.0951. The number of aromatic nitrogens is 4. The van der Waals surface area contributed by atoms with E-state index < -0.39 is 0 Å². The quantitative estimate of drug-likeness (QED) is 0.648. The van der Waals surface area contributed by atoms with Crippen LogP contribution in [0.5, 0.6) is 11.5 Å². The summed E-state index contributed by atoms with van der Waals surface area (Å²) in [5, 5.41) is 11.5. The van der Waals surface area contributed by atoms with Crippen LogP contribution in [0.3, 0.4) is 0 Å². The van der Waals surface area contributed by atoms with Gasteiger partial charge in [0.05, 0.1) is 26.5 Å². The molecule has 0 aliphatic rings. The summed E-state index contributed by atoms with van der Waals surface area (Å²) < 4.78 is 13.3. The fraction of sp³-hybridized carbons (Fsp3) is 0.300. The third-order valence-corrected chi connectivity index (χ3v) is 4.30. The molecule has 3 rings (SSSR count). The number of hydrogen-bond acceptors (Lipinski definition) is 6. The van der Waals surface area contributed by atoms with E-state index in [2.05, 4.69) is 15.5 Å². The predicted molar refractivity (Wildman–Crippen MR) is 107 cm³/mol. The summed E-state index contributed by atoms with van der Waals surface area (Å²) >= 11 is 0. The lowest BCUT2D eigenvalue weighted by atomic mass is 10.2. The molecule has 3 aromatic rings. The van der Waals surface area contributed by atoms with Gasteiger partial charge in [0.15, 0.2) is 5.82 Å². The Morgan fingerprint density at radius 3 is 2.31 bits per heavy atom. The Hall–Kier alpha value is -3.62. The number of rotatable bonds is 7. The number of amides is 1. The van der Waals surface area contributed by atoms with E-state index in [-0.39, 0.29) is 24.6 Å². The first-order chi connectivity index (χ1) is 13.9. The maximum atomic E-state index is 12.4. The van der Waals surface area contributed by atoms with Gasteiger partial charge in [-0.25, -0.2) is 9.36 Å². The van der Waals surface area contributed by atoms with Crippen molar-refractivity contribution in [2.45, 2.75) is 20.4 Å². The van der Waals surface area contributed by atoms with Crippen molar-refractivity contribution in [3.63, 3.8) is 0 Å². The average Bonchev–Trinajstić information content (AvgIpc) is 3.06. The zero-order chi connectivity index (χ0) is 21.0. The van der Waals surface area contributed by atoms with Crippen LogP contribution < -0.4 is 20.3 Å². The monoisotopic (exact) mass is 397 g/mol. The Balaban J connectivity index is 1.70. The molecule has 1 aromatic carbocycles. The predicted octanol–water partition coefficient (Wildman–Crippen LogP) is 1.49. The second-order valence-corrected chi connectivity index (χ2v) is 6.45. The van der Waals surface area contributed by atoms with Crippen LogP contribution in [0.1, 0.15) is 21.7 Å². The van der Waals surface area contributed by atoms with Gasteiger partial charge in [0.1, 0.15) is 11.5 Å². The average molecular weight is 397 g/mol. The van der Waals surface area contributed by atoms with E-state index in [0.717, 1.165) is 11.4 Å². The molecule has 29 heavy (non-hydrogen) atoms. The van der Waals surface area contributed by atoms with Crippen LogP contribution in [-0.2, 0) is 6.54 Å². The van der Waals surface area contributed by atoms with Gasteiger partial charge in [-0.2, -0.15) is 5.10 Å². The molecule has 0 aliphatic heterocycles. The van der Waals surface area contributed by atoms with Crippen LogP contribution in [0.2, 0.25) is 0 Å². The second-order valence-electron chi connectivity index (χ2n) is 6.45.